The van der Waals surface area contributed by atoms with Crippen LogP contribution in [0, 0.1) is 10.1 Å². The van der Waals surface area contributed by atoms with Crippen LogP contribution in [0.1, 0.15) is 5.56 Å². The first-order chi connectivity index (χ1) is 12.7. The van der Waals surface area contributed by atoms with Gasteiger partial charge in [0.05, 0.1) is 18.3 Å². The molecule has 10 nitrogen and oxygen atoms in total. The summed E-state index contributed by atoms with van der Waals surface area (Å²) in [7, 11) is -2.61. The average Bonchev–Trinajstić information content (AvgIpc) is 2.63. The second-order valence-corrected chi connectivity index (χ2v) is 7.42. The molecule has 0 bridgehead atoms. The Kier molecular flexibility index (Phi) is 6.29. The Hall–Kier alpha value is -3.21. The monoisotopic (exact) mass is 394 g/mol. The van der Waals surface area contributed by atoms with Crippen LogP contribution in [-0.2, 0) is 21.4 Å². The molecule has 0 atom stereocenters. The zero-order chi connectivity index (χ0) is 20.0. The van der Waals surface area contributed by atoms with E-state index in [4.69, 9.17) is 4.74 Å². The lowest BCUT2D eigenvalue weighted by Gasteiger charge is -2.23. The van der Waals surface area contributed by atoms with E-state index in [9.17, 15) is 23.3 Å². The van der Waals surface area contributed by atoms with E-state index in [1.165, 1.54) is 19.2 Å². The highest BCUT2D eigenvalue weighted by Gasteiger charge is 2.26. The summed E-state index contributed by atoms with van der Waals surface area (Å²) in [4.78, 5) is 26.5. The summed E-state index contributed by atoms with van der Waals surface area (Å²) >= 11 is 0. The minimum Gasteiger partial charge on any atom is -0.495 e. The van der Waals surface area contributed by atoms with Crippen molar-refractivity contribution in [2.75, 3.05) is 24.2 Å². The molecule has 27 heavy (non-hydrogen) atoms. The molecule has 1 aromatic heterocycles. The molecule has 0 aliphatic heterocycles. The number of nitro groups is 1. The van der Waals surface area contributed by atoms with Gasteiger partial charge in [-0.3, -0.25) is 24.2 Å². The number of nitrogens with one attached hydrogen (secondary N) is 1. The predicted octanol–water partition coefficient (Wildman–Crippen LogP) is 1.08. The number of sulfonamides is 1. The molecule has 0 saturated heterocycles. The van der Waals surface area contributed by atoms with Crippen LogP contribution in [-0.4, -0.2) is 44.1 Å². The fraction of sp³-hybridized carbons (Fsp3) is 0.250. The summed E-state index contributed by atoms with van der Waals surface area (Å²) in [5, 5.41) is 13.6. The van der Waals surface area contributed by atoms with Crippen molar-refractivity contribution in [1.82, 2.24) is 10.3 Å². The Labute approximate surface area is 156 Å². The first kappa shape index (κ1) is 20.1. The third kappa shape index (κ3) is 5.38. The molecule has 11 heteroatoms. The Bertz CT molecular complexity index is 933. The van der Waals surface area contributed by atoms with Crippen LogP contribution >= 0.6 is 0 Å². The van der Waals surface area contributed by atoms with Crippen molar-refractivity contribution in [2.45, 2.75) is 6.54 Å². The smallest absolute Gasteiger partial charge is 0.271 e. The van der Waals surface area contributed by atoms with Crippen LogP contribution in [0.25, 0.3) is 0 Å². The molecule has 1 aromatic carbocycles. The average molecular weight is 394 g/mol. The fourth-order valence-corrected chi connectivity index (χ4v) is 3.11. The van der Waals surface area contributed by atoms with Gasteiger partial charge in [-0.15, -0.1) is 0 Å². The number of carbonyl (C=O) groups excluding carboxylic acids is 1. The van der Waals surface area contributed by atoms with Gasteiger partial charge in [0.25, 0.3) is 5.69 Å². The summed E-state index contributed by atoms with van der Waals surface area (Å²) in [6, 6.07) is 6.93. The lowest BCUT2D eigenvalue weighted by atomic mass is 10.2. The summed E-state index contributed by atoms with van der Waals surface area (Å²) in [5.74, 6) is -0.487. The molecule has 144 valence electrons. The van der Waals surface area contributed by atoms with Gasteiger partial charge in [0.15, 0.2) is 0 Å². The van der Waals surface area contributed by atoms with Gasteiger partial charge in [0.2, 0.25) is 15.9 Å². The summed E-state index contributed by atoms with van der Waals surface area (Å²) < 4.78 is 30.3. The summed E-state index contributed by atoms with van der Waals surface area (Å²) in [5.41, 5.74) is 0.377. The fourth-order valence-electron chi connectivity index (χ4n) is 2.26. The highest BCUT2D eigenvalue weighted by atomic mass is 32.2. The number of rotatable bonds is 8. The molecule has 0 radical (unpaired) electrons. The number of nitro benzene ring substituents is 1. The molecule has 2 aromatic rings. The van der Waals surface area contributed by atoms with E-state index in [0.29, 0.717) is 0 Å². The normalized spacial score (nSPS) is 10.9. The van der Waals surface area contributed by atoms with Crippen molar-refractivity contribution in [2.24, 2.45) is 0 Å². The molecular weight excluding hydrogens is 376 g/mol. The Morgan fingerprint density at radius 2 is 1.96 bits per heavy atom. The van der Waals surface area contributed by atoms with Gasteiger partial charge in [-0.05, 0) is 23.8 Å². The van der Waals surface area contributed by atoms with E-state index in [1.54, 1.807) is 24.5 Å². The van der Waals surface area contributed by atoms with Crippen molar-refractivity contribution in [3.8, 4) is 5.75 Å². The molecule has 1 heterocycles. The van der Waals surface area contributed by atoms with Gasteiger partial charge in [0.1, 0.15) is 18.0 Å². The Morgan fingerprint density at radius 3 is 2.52 bits per heavy atom. The molecule has 1 amide bonds. The Morgan fingerprint density at radius 1 is 1.30 bits per heavy atom. The van der Waals surface area contributed by atoms with Crippen LogP contribution in [0.5, 0.6) is 5.75 Å². The van der Waals surface area contributed by atoms with Gasteiger partial charge in [-0.1, -0.05) is 0 Å². The molecule has 0 saturated carbocycles. The van der Waals surface area contributed by atoms with Crippen molar-refractivity contribution in [1.29, 1.82) is 0 Å². The van der Waals surface area contributed by atoms with E-state index in [1.807, 2.05) is 0 Å². The third-order valence-corrected chi connectivity index (χ3v) is 4.69. The maximum absolute atomic E-state index is 12.3. The number of amides is 1. The van der Waals surface area contributed by atoms with E-state index in [0.717, 1.165) is 22.2 Å². The largest absolute Gasteiger partial charge is 0.495 e. The number of nitrogens with zero attached hydrogens (tertiary/aromatic N) is 3. The van der Waals surface area contributed by atoms with Gasteiger partial charge in [0, 0.05) is 31.1 Å². The first-order valence-electron chi connectivity index (χ1n) is 7.68. The zero-order valence-corrected chi connectivity index (χ0v) is 15.5. The lowest BCUT2D eigenvalue weighted by molar-refractivity contribution is -0.384. The number of anilines is 1. The highest BCUT2D eigenvalue weighted by molar-refractivity contribution is 7.92. The lowest BCUT2D eigenvalue weighted by Crippen LogP contribution is -2.40. The standard InChI is InChI=1S/C16H18N4O6S/c1-26-15-4-3-13(20(22)23)9-14(15)19(27(2,24)25)11-16(21)18-10-12-5-7-17-8-6-12/h3-9H,10-11H2,1-2H3,(H,18,21). The highest BCUT2D eigenvalue weighted by Crippen LogP contribution is 2.33. The Balaban J connectivity index is 2.27. The minimum atomic E-state index is -3.91. The van der Waals surface area contributed by atoms with Crippen LogP contribution in [0.4, 0.5) is 11.4 Å². The summed E-state index contributed by atoms with van der Waals surface area (Å²) in [6.07, 6.45) is 4.04. The first-order valence-corrected chi connectivity index (χ1v) is 9.53. The SMILES string of the molecule is COc1ccc([N+](=O)[O-])cc1N(CC(=O)NCc1ccncc1)S(C)(=O)=O. The number of non-ortho nitro benzene ring substituents is 1. The van der Waals surface area contributed by atoms with E-state index < -0.39 is 27.4 Å². The van der Waals surface area contributed by atoms with Crippen LogP contribution in [0.15, 0.2) is 42.7 Å². The van der Waals surface area contributed by atoms with E-state index in [2.05, 4.69) is 10.3 Å². The molecule has 2 rings (SSSR count). The van der Waals surface area contributed by atoms with Crippen LogP contribution < -0.4 is 14.4 Å². The molecule has 0 unspecified atom stereocenters. The topological polar surface area (TPSA) is 132 Å². The van der Waals surface area contributed by atoms with Gasteiger partial charge in [-0.2, -0.15) is 0 Å². The predicted molar refractivity (Wildman–Crippen MR) is 97.9 cm³/mol. The number of ether oxygens (including phenoxy) is 1. The molecule has 1 N–H and O–H groups in total. The molecular formula is C16H18N4O6S. The second kappa shape index (κ2) is 8.45. The third-order valence-electron chi connectivity index (χ3n) is 3.57. The quantitative estimate of drug-likeness (QED) is 0.523. The van der Waals surface area contributed by atoms with Crippen molar-refractivity contribution in [3.63, 3.8) is 0 Å². The number of aromatic nitrogens is 1. The number of methoxy groups -OCH3 is 1. The van der Waals surface area contributed by atoms with Crippen molar-refractivity contribution in [3.05, 3.63) is 58.4 Å². The molecule has 0 aliphatic rings. The number of hydrogen-bond donors (Lipinski definition) is 1. The zero-order valence-electron chi connectivity index (χ0n) is 14.7. The van der Waals surface area contributed by atoms with Gasteiger partial charge >= 0.3 is 0 Å². The number of pyridine rings is 1. The van der Waals surface area contributed by atoms with Crippen LogP contribution in [0.2, 0.25) is 0 Å². The van der Waals surface area contributed by atoms with Crippen molar-refractivity contribution >= 4 is 27.3 Å². The van der Waals surface area contributed by atoms with E-state index >= 15 is 0 Å². The summed E-state index contributed by atoms with van der Waals surface area (Å²) in [6.45, 7) is -0.369. The molecule has 0 fully saturated rings. The van der Waals surface area contributed by atoms with E-state index in [-0.39, 0.29) is 23.7 Å². The molecule has 0 aliphatic carbocycles. The maximum Gasteiger partial charge on any atom is 0.271 e. The molecule has 0 spiro atoms. The maximum atomic E-state index is 12.3. The van der Waals surface area contributed by atoms with Gasteiger partial charge in [-0.25, -0.2) is 8.42 Å². The minimum absolute atomic E-state index is 0.0896. The second-order valence-electron chi connectivity index (χ2n) is 5.52. The van der Waals surface area contributed by atoms with Gasteiger partial charge < -0.3 is 10.1 Å². The number of carbonyl (C=O) groups is 1. The van der Waals surface area contributed by atoms with Crippen molar-refractivity contribution < 1.29 is 22.9 Å². The number of hydrogen-bond acceptors (Lipinski definition) is 7. The number of benzene rings is 1. The van der Waals surface area contributed by atoms with Crippen LogP contribution in [0.3, 0.4) is 0 Å².